The third-order valence-electron chi connectivity index (χ3n) is 4.28. The topological polar surface area (TPSA) is 63.2 Å². The highest BCUT2D eigenvalue weighted by Gasteiger charge is 2.30. The molecular formula is C19H25NO3S2. The van der Waals surface area contributed by atoms with Gasteiger partial charge < -0.3 is 5.32 Å². The Hall–Kier alpha value is -1.66. The van der Waals surface area contributed by atoms with Gasteiger partial charge in [0.05, 0.1) is 4.90 Å². The van der Waals surface area contributed by atoms with Gasteiger partial charge in [0.15, 0.2) is 9.84 Å². The molecule has 0 aliphatic carbocycles. The van der Waals surface area contributed by atoms with E-state index in [0.717, 1.165) is 28.8 Å². The Kier molecular flexibility index (Phi) is 6.79. The van der Waals surface area contributed by atoms with Crippen LogP contribution in [0, 0.1) is 13.8 Å². The Balaban J connectivity index is 2.28. The van der Waals surface area contributed by atoms with E-state index in [-0.39, 0.29) is 12.5 Å². The molecule has 0 spiro atoms. The fourth-order valence-corrected chi connectivity index (χ4v) is 5.39. The van der Waals surface area contributed by atoms with Crippen LogP contribution in [0.15, 0.2) is 40.6 Å². The first-order valence-corrected chi connectivity index (χ1v) is 10.9. The molecule has 0 saturated heterocycles. The molecule has 6 heteroatoms. The van der Waals surface area contributed by atoms with Crippen LogP contribution in [0.25, 0.3) is 0 Å². The molecule has 0 bridgehead atoms. The zero-order chi connectivity index (χ0) is 18.4. The number of aryl methyl sites for hydroxylation is 2. The van der Waals surface area contributed by atoms with Crippen LogP contribution in [0.4, 0.5) is 0 Å². The second kappa shape index (κ2) is 8.63. The van der Waals surface area contributed by atoms with Crippen molar-refractivity contribution in [2.45, 2.75) is 50.2 Å². The van der Waals surface area contributed by atoms with Crippen molar-refractivity contribution < 1.29 is 13.2 Å². The molecule has 0 unspecified atom stereocenters. The third-order valence-corrected chi connectivity index (χ3v) is 7.50. The first-order chi connectivity index (χ1) is 11.9. The summed E-state index contributed by atoms with van der Waals surface area (Å²) in [5.41, 5.74) is 2.00. The van der Waals surface area contributed by atoms with E-state index in [2.05, 4.69) is 5.32 Å². The van der Waals surface area contributed by atoms with Crippen molar-refractivity contribution in [3.8, 4) is 0 Å². The van der Waals surface area contributed by atoms with Gasteiger partial charge in [0.25, 0.3) is 0 Å². The number of unbranched alkanes of at least 4 members (excludes halogenated alkanes) is 1. The fraction of sp³-hybridized carbons (Fsp3) is 0.421. The number of amides is 1. The molecule has 1 N–H and O–H groups in total. The predicted octanol–water partition coefficient (Wildman–Crippen LogP) is 4.19. The number of sulfone groups is 1. The molecule has 0 fully saturated rings. The fourth-order valence-electron chi connectivity index (χ4n) is 2.53. The monoisotopic (exact) mass is 379 g/mol. The summed E-state index contributed by atoms with van der Waals surface area (Å²) in [5, 5.41) is 3.89. The Morgan fingerprint density at radius 3 is 2.56 bits per heavy atom. The maximum absolute atomic E-state index is 13.2. The Labute approximate surface area is 154 Å². The van der Waals surface area contributed by atoms with Crippen LogP contribution in [0.1, 0.15) is 47.4 Å². The molecule has 4 nitrogen and oxygen atoms in total. The number of rotatable bonds is 8. The molecule has 1 amide bonds. The van der Waals surface area contributed by atoms with Crippen molar-refractivity contribution >= 4 is 27.1 Å². The number of hydrogen-bond donors (Lipinski definition) is 1. The summed E-state index contributed by atoms with van der Waals surface area (Å²) in [6.45, 7) is 5.97. The van der Waals surface area contributed by atoms with Crippen molar-refractivity contribution in [2.75, 3.05) is 6.54 Å². The van der Waals surface area contributed by atoms with Crippen LogP contribution >= 0.6 is 11.3 Å². The lowest BCUT2D eigenvalue weighted by molar-refractivity contribution is -0.121. The zero-order valence-corrected chi connectivity index (χ0v) is 16.5. The van der Waals surface area contributed by atoms with Crippen molar-refractivity contribution in [3.63, 3.8) is 0 Å². The summed E-state index contributed by atoms with van der Waals surface area (Å²) >= 11 is 1.40. The second-order valence-electron chi connectivity index (χ2n) is 6.20. The first-order valence-electron chi connectivity index (χ1n) is 8.47. The van der Waals surface area contributed by atoms with Gasteiger partial charge in [0.2, 0.25) is 5.91 Å². The van der Waals surface area contributed by atoms with Crippen molar-refractivity contribution in [1.82, 2.24) is 5.32 Å². The number of nitrogens with one attached hydrogen (secondary N) is 1. The van der Waals surface area contributed by atoms with Crippen LogP contribution < -0.4 is 5.32 Å². The summed E-state index contributed by atoms with van der Waals surface area (Å²) in [6, 6.07) is 8.84. The number of carbonyl (C=O) groups is 1. The number of hydrogen-bond acceptors (Lipinski definition) is 4. The normalized spacial score (nSPS) is 12.8. The second-order valence-corrected chi connectivity index (χ2v) is 9.31. The highest BCUT2D eigenvalue weighted by Crippen LogP contribution is 2.32. The molecule has 25 heavy (non-hydrogen) atoms. The van der Waals surface area contributed by atoms with E-state index in [1.54, 1.807) is 12.1 Å². The van der Waals surface area contributed by atoms with Crippen molar-refractivity contribution in [3.05, 3.63) is 51.7 Å². The van der Waals surface area contributed by atoms with E-state index in [0.29, 0.717) is 11.3 Å². The molecule has 0 aliphatic heterocycles. The van der Waals surface area contributed by atoms with Crippen LogP contribution in [0.2, 0.25) is 0 Å². The maximum Gasteiger partial charge on any atom is 0.220 e. The van der Waals surface area contributed by atoms with Gasteiger partial charge in [-0.1, -0.05) is 25.5 Å². The average Bonchev–Trinajstić information content (AvgIpc) is 3.09. The smallest absolute Gasteiger partial charge is 0.220 e. The van der Waals surface area contributed by atoms with Gasteiger partial charge in [-0.15, -0.1) is 11.3 Å². The molecular weight excluding hydrogens is 354 g/mol. The van der Waals surface area contributed by atoms with Gasteiger partial charge in [0, 0.05) is 17.8 Å². The van der Waals surface area contributed by atoms with Gasteiger partial charge in [-0.25, -0.2) is 8.42 Å². The average molecular weight is 380 g/mol. The predicted molar refractivity (Wildman–Crippen MR) is 103 cm³/mol. The molecule has 0 aliphatic rings. The van der Waals surface area contributed by atoms with Gasteiger partial charge >= 0.3 is 0 Å². The van der Waals surface area contributed by atoms with E-state index in [1.165, 1.54) is 11.3 Å². The summed E-state index contributed by atoms with van der Waals surface area (Å²) in [5.74, 6) is -0.0984. The quantitative estimate of drug-likeness (QED) is 0.748. The summed E-state index contributed by atoms with van der Waals surface area (Å²) in [7, 11) is -3.58. The summed E-state index contributed by atoms with van der Waals surface area (Å²) < 4.78 is 26.4. The zero-order valence-electron chi connectivity index (χ0n) is 14.9. The largest absolute Gasteiger partial charge is 0.354 e. The van der Waals surface area contributed by atoms with E-state index in [9.17, 15) is 13.2 Å². The molecule has 1 aromatic heterocycles. The van der Waals surface area contributed by atoms with E-state index < -0.39 is 15.1 Å². The minimum atomic E-state index is -3.58. The van der Waals surface area contributed by atoms with Crippen LogP contribution in [-0.4, -0.2) is 20.9 Å². The molecule has 2 aromatic rings. The SMILES string of the molecule is CCCCC(=O)NC[C@H](c1cccs1)S(=O)(=O)c1ccc(C)c(C)c1. The molecule has 0 saturated carbocycles. The number of benzene rings is 1. The Bertz CT molecular complexity index is 811. The van der Waals surface area contributed by atoms with Crippen LogP contribution in [0.3, 0.4) is 0 Å². The number of thiophene rings is 1. The summed E-state index contributed by atoms with van der Waals surface area (Å²) in [4.78, 5) is 13.0. The molecule has 0 radical (unpaired) electrons. The van der Waals surface area contributed by atoms with Crippen LogP contribution in [0.5, 0.6) is 0 Å². The lowest BCUT2D eigenvalue weighted by atomic mass is 10.1. The molecule has 1 atom stereocenters. The minimum absolute atomic E-state index is 0.0956. The van der Waals surface area contributed by atoms with E-state index >= 15 is 0 Å². The number of carbonyl (C=O) groups excluding carboxylic acids is 1. The maximum atomic E-state index is 13.2. The lowest BCUT2D eigenvalue weighted by Crippen LogP contribution is -2.31. The Morgan fingerprint density at radius 2 is 1.96 bits per heavy atom. The first kappa shape index (κ1) is 19.7. The third kappa shape index (κ3) is 4.92. The van der Waals surface area contributed by atoms with Gasteiger partial charge in [0.1, 0.15) is 5.25 Å². The Morgan fingerprint density at radius 1 is 1.20 bits per heavy atom. The van der Waals surface area contributed by atoms with E-state index in [4.69, 9.17) is 0 Å². The van der Waals surface area contributed by atoms with Gasteiger partial charge in [-0.05, 0) is 55.0 Å². The molecule has 136 valence electrons. The van der Waals surface area contributed by atoms with Crippen molar-refractivity contribution in [2.24, 2.45) is 0 Å². The molecule has 2 rings (SSSR count). The summed E-state index contributed by atoms with van der Waals surface area (Å²) in [6.07, 6.45) is 2.17. The van der Waals surface area contributed by atoms with Crippen molar-refractivity contribution in [1.29, 1.82) is 0 Å². The lowest BCUT2D eigenvalue weighted by Gasteiger charge is -2.18. The van der Waals surface area contributed by atoms with Gasteiger partial charge in [-0.2, -0.15) is 0 Å². The molecule has 1 aromatic carbocycles. The van der Waals surface area contributed by atoms with Crippen LogP contribution in [-0.2, 0) is 14.6 Å². The minimum Gasteiger partial charge on any atom is -0.354 e. The highest BCUT2D eigenvalue weighted by atomic mass is 32.2. The standard InChI is InChI=1S/C19H25NO3S2/c1-4-5-8-19(21)20-13-18(17-7-6-11-24-17)25(22,23)16-10-9-14(2)15(3)12-16/h6-7,9-12,18H,4-5,8,13H2,1-3H3,(H,20,21)/t18-/m1/s1. The molecule has 1 heterocycles. The van der Waals surface area contributed by atoms with E-state index in [1.807, 2.05) is 44.4 Å². The van der Waals surface area contributed by atoms with Gasteiger partial charge in [-0.3, -0.25) is 4.79 Å². The highest BCUT2D eigenvalue weighted by molar-refractivity contribution is 7.91.